The number of nitrogens with zero attached hydrogens (tertiary/aromatic N) is 4. The summed E-state index contributed by atoms with van der Waals surface area (Å²) in [7, 11) is 0. The predicted molar refractivity (Wildman–Crippen MR) is 64.3 cm³/mol. The Labute approximate surface area is 104 Å². The van der Waals surface area contributed by atoms with Crippen LogP contribution >= 0.6 is 0 Å². The maximum Gasteiger partial charge on any atom is 0.258 e. The number of rotatable bonds is 1. The molecule has 0 N–H and O–H groups in total. The van der Waals surface area contributed by atoms with Crippen LogP contribution in [0, 0.1) is 0 Å². The molecule has 6 nitrogen and oxygen atoms in total. The van der Waals surface area contributed by atoms with Crippen LogP contribution in [0.5, 0.6) is 0 Å². The molecule has 0 radical (unpaired) electrons. The molecule has 2 aromatic heterocycles. The molecule has 0 bridgehead atoms. The summed E-state index contributed by atoms with van der Waals surface area (Å²) in [5.74, 6) is -0.00981. The fraction of sp³-hybridized carbons (Fsp3) is 0.417. The van der Waals surface area contributed by atoms with Crippen molar-refractivity contribution in [1.82, 2.24) is 19.5 Å². The normalized spacial score (nSPS) is 20.3. The van der Waals surface area contributed by atoms with Crippen molar-refractivity contribution >= 4 is 11.6 Å². The zero-order valence-corrected chi connectivity index (χ0v) is 10.1. The Kier molecular flexibility index (Phi) is 2.71. The van der Waals surface area contributed by atoms with E-state index in [2.05, 4.69) is 10.2 Å². The Bertz CT molecular complexity index is 580. The number of pyridine rings is 1. The topological polar surface area (TPSA) is 59.7 Å². The molecular formula is C12H14N4O2. The van der Waals surface area contributed by atoms with Gasteiger partial charge in [0.2, 0.25) is 0 Å². The summed E-state index contributed by atoms with van der Waals surface area (Å²) in [4.78, 5) is 14.3. The number of amides is 1. The number of carbonyl (C=O) groups excluding carboxylic acids is 1. The average Bonchev–Trinajstić information content (AvgIpc) is 2.86. The highest BCUT2D eigenvalue weighted by Crippen LogP contribution is 2.15. The van der Waals surface area contributed by atoms with E-state index in [4.69, 9.17) is 4.74 Å². The first-order valence-corrected chi connectivity index (χ1v) is 5.94. The second kappa shape index (κ2) is 4.38. The average molecular weight is 246 g/mol. The number of ether oxygens (including phenoxy) is 1. The first-order valence-electron chi connectivity index (χ1n) is 5.94. The number of carbonyl (C=O) groups is 1. The first kappa shape index (κ1) is 11.2. The van der Waals surface area contributed by atoms with E-state index in [-0.39, 0.29) is 11.9 Å². The molecule has 0 saturated carbocycles. The number of hydrogen-bond donors (Lipinski definition) is 0. The minimum absolute atomic E-state index is 0.00981. The van der Waals surface area contributed by atoms with Gasteiger partial charge in [-0.1, -0.05) is 0 Å². The van der Waals surface area contributed by atoms with E-state index in [1.807, 2.05) is 24.1 Å². The maximum absolute atomic E-state index is 12.5. The molecule has 3 heterocycles. The van der Waals surface area contributed by atoms with Gasteiger partial charge in [-0.25, -0.2) is 0 Å². The summed E-state index contributed by atoms with van der Waals surface area (Å²) in [6, 6.07) is 3.71. The Morgan fingerprint density at radius 3 is 3.28 bits per heavy atom. The second-order valence-corrected chi connectivity index (χ2v) is 4.41. The van der Waals surface area contributed by atoms with Crippen LogP contribution < -0.4 is 0 Å². The molecular weight excluding hydrogens is 232 g/mol. The number of aromatic nitrogens is 3. The van der Waals surface area contributed by atoms with Crippen LogP contribution in [0.1, 0.15) is 17.3 Å². The summed E-state index contributed by atoms with van der Waals surface area (Å²) >= 11 is 0. The summed E-state index contributed by atoms with van der Waals surface area (Å²) < 4.78 is 7.09. The van der Waals surface area contributed by atoms with E-state index in [0.29, 0.717) is 31.0 Å². The minimum Gasteiger partial charge on any atom is -0.377 e. The van der Waals surface area contributed by atoms with E-state index in [9.17, 15) is 4.79 Å². The molecule has 1 atom stereocenters. The fourth-order valence-electron chi connectivity index (χ4n) is 2.20. The van der Waals surface area contributed by atoms with Crippen LogP contribution in [-0.4, -0.2) is 51.2 Å². The van der Waals surface area contributed by atoms with Gasteiger partial charge < -0.3 is 9.64 Å². The lowest BCUT2D eigenvalue weighted by Gasteiger charge is -2.33. The van der Waals surface area contributed by atoms with Crippen molar-refractivity contribution in [2.75, 3.05) is 19.8 Å². The number of morpholine rings is 1. The van der Waals surface area contributed by atoms with Gasteiger partial charge in [-0.15, -0.1) is 10.2 Å². The molecule has 2 aromatic rings. The van der Waals surface area contributed by atoms with E-state index in [0.717, 1.165) is 0 Å². The van der Waals surface area contributed by atoms with Crippen molar-refractivity contribution in [3.05, 3.63) is 30.2 Å². The van der Waals surface area contributed by atoms with Crippen molar-refractivity contribution in [1.29, 1.82) is 0 Å². The van der Waals surface area contributed by atoms with E-state index in [1.54, 1.807) is 16.8 Å². The van der Waals surface area contributed by atoms with Gasteiger partial charge in [0.05, 0.1) is 24.8 Å². The number of fused-ring (bicyclic) bond motifs is 1. The Balaban J connectivity index is 1.98. The molecule has 94 valence electrons. The second-order valence-electron chi connectivity index (χ2n) is 4.41. The summed E-state index contributed by atoms with van der Waals surface area (Å²) in [6.45, 7) is 3.78. The van der Waals surface area contributed by atoms with Crippen molar-refractivity contribution in [3.8, 4) is 0 Å². The van der Waals surface area contributed by atoms with Crippen LogP contribution in [0.4, 0.5) is 0 Å². The summed E-state index contributed by atoms with van der Waals surface area (Å²) in [5, 5.41) is 7.82. The quantitative estimate of drug-likeness (QED) is 0.739. The molecule has 1 aliphatic rings. The molecule has 0 aromatic carbocycles. The zero-order valence-electron chi connectivity index (χ0n) is 10.1. The summed E-state index contributed by atoms with van der Waals surface area (Å²) in [6.07, 6.45) is 3.42. The van der Waals surface area contributed by atoms with E-state index in [1.165, 1.54) is 0 Å². The summed E-state index contributed by atoms with van der Waals surface area (Å²) in [5.41, 5.74) is 1.19. The largest absolute Gasteiger partial charge is 0.377 e. The Morgan fingerprint density at radius 1 is 1.56 bits per heavy atom. The molecule has 0 aliphatic carbocycles. The van der Waals surface area contributed by atoms with Crippen molar-refractivity contribution in [2.24, 2.45) is 0 Å². The molecule has 1 amide bonds. The van der Waals surface area contributed by atoms with Gasteiger partial charge in [-0.05, 0) is 19.1 Å². The molecule has 0 unspecified atom stereocenters. The highest BCUT2D eigenvalue weighted by Gasteiger charge is 2.26. The third-order valence-electron chi connectivity index (χ3n) is 3.18. The smallest absolute Gasteiger partial charge is 0.258 e. The van der Waals surface area contributed by atoms with Crippen molar-refractivity contribution in [3.63, 3.8) is 0 Å². The predicted octanol–water partition coefficient (Wildman–Crippen LogP) is 0.590. The molecule has 3 rings (SSSR count). The van der Waals surface area contributed by atoms with Gasteiger partial charge in [0.1, 0.15) is 6.33 Å². The standard InChI is InChI=1S/C12H14N4O2/c1-9-7-18-6-5-16(9)12(17)10-3-2-4-15-8-13-14-11(10)15/h2-4,8-9H,5-7H2,1H3/t9-/m0/s1. The molecule has 1 saturated heterocycles. The van der Waals surface area contributed by atoms with Gasteiger partial charge >= 0.3 is 0 Å². The lowest BCUT2D eigenvalue weighted by Crippen LogP contribution is -2.47. The van der Waals surface area contributed by atoms with Crippen molar-refractivity contribution < 1.29 is 9.53 Å². The minimum atomic E-state index is -0.00981. The van der Waals surface area contributed by atoms with E-state index >= 15 is 0 Å². The third kappa shape index (κ3) is 1.74. The van der Waals surface area contributed by atoms with Crippen LogP contribution in [0.2, 0.25) is 0 Å². The number of hydrogen-bond acceptors (Lipinski definition) is 4. The van der Waals surface area contributed by atoms with Gasteiger partial charge in [0.25, 0.3) is 5.91 Å². The molecule has 6 heteroatoms. The molecule has 18 heavy (non-hydrogen) atoms. The Morgan fingerprint density at radius 2 is 2.44 bits per heavy atom. The van der Waals surface area contributed by atoms with Gasteiger partial charge in [-0.3, -0.25) is 9.20 Å². The Hall–Kier alpha value is -1.95. The third-order valence-corrected chi connectivity index (χ3v) is 3.18. The SMILES string of the molecule is C[C@H]1COCCN1C(=O)c1cccn2cnnc12. The monoisotopic (exact) mass is 246 g/mol. The molecule has 0 spiro atoms. The first-order chi connectivity index (χ1) is 8.77. The van der Waals surface area contributed by atoms with Crippen molar-refractivity contribution in [2.45, 2.75) is 13.0 Å². The highest BCUT2D eigenvalue weighted by atomic mass is 16.5. The maximum atomic E-state index is 12.5. The van der Waals surface area contributed by atoms with Gasteiger partial charge in [0.15, 0.2) is 5.65 Å². The molecule has 1 aliphatic heterocycles. The lowest BCUT2D eigenvalue weighted by molar-refractivity contribution is 0.00367. The van der Waals surface area contributed by atoms with Crippen LogP contribution in [-0.2, 0) is 4.74 Å². The molecule has 1 fully saturated rings. The van der Waals surface area contributed by atoms with Gasteiger partial charge in [0, 0.05) is 12.7 Å². The lowest BCUT2D eigenvalue weighted by atomic mass is 10.2. The van der Waals surface area contributed by atoms with Gasteiger partial charge in [-0.2, -0.15) is 0 Å². The van der Waals surface area contributed by atoms with Crippen LogP contribution in [0.3, 0.4) is 0 Å². The van der Waals surface area contributed by atoms with Crippen LogP contribution in [0.25, 0.3) is 5.65 Å². The zero-order chi connectivity index (χ0) is 12.5. The highest BCUT2D eigenvalue weighted by molar-refractivity contribution is 5.99. The van der Waals surface area contributed by atoms with E-state index < -0.39 is 0 Å². The fourth-order valence-corrected chi connectivity index (χ4v) is 2.20. The van der Waals surface area contributed by atoms with Crippen LogP contribution in [0.15, 0.2) is 24.7 Å².